The summed E-state index contributed by atoms with van der Waals surface area (Å²) in [6.45, 7) is 3.73. The Hall–Kier alpha value is -2.67. The molecule has 25 heavy (non-hydrogen) atoms. The first-order valence-electron chi connectivity index (χ1n) is 8.53. The molecule has 0 atom stereocenters. The smallest absolute Gasteiger partial charge is 0.335 e. The number of aromatic carboxylic acids is 1. The molecule has 0 aliphatic carbocycles. The highest BCUT2D eigenvalue weighted by molar-refractivity contribution is 6.08. The van der Waals surface area contributed by atoms with Crippen LogP contribution in [0.2, 0.25) is 0 Å². The third-order valence-electron chi connectivity index (χ3n) is 4.37. The van der Waals surface area contributed by atoms with Crippen LogP contribution in [0.1, 0.15) is 35.9 Å². The lowest BCUT2D eigenvalue weighted by atomic mass is 10.1. The number of carboxylic acids is 1. The van der Waals surface area contributed by atoms with Gasteiger partial charge in [-0.15, -0.1) is 0 Å². The number of nitrogens with two attached hydrogens (primary N) is 1. The highest BCUT2D eigenvalue weighted by atomic mass is 16.4. The van der Waals surface area contributed by atoms with Crippen LogP contribution in [0, 0.1) is 0 Å². The molecule has 0 unspecified atom stereocenters. The number of anilines is 1. The van der Waals surface area contributed by atoms with Gasteiger partial charge >= 0.3 is 5.97 Å². The van der Waals surface area contributed by atoms with E-state index in [1.54, 1.807) is 18.2 Å². The highest BCUT2D eigenvalue weighted by Crippen LogP contribution is 2.30. The van der Waals surface area contributed by atoms with Crippen molar-refractivity contribution in [3.05, 3.63) is 29.6 Å². The average molecular weight is 341 g/mol. The van der Waals surface area contributed by atoms with Gasteiger partial charge in [-0.3, -0.25) is 0 Å². The normalized spacial score (nSPS) is 11.4. The fourth-order valence-electron chi connectivity index (χ4n) is 3.08. The summed E-state index contributed by atoms with van der Waals surface area (Å²) in [6.07, 6.45) is 3.02. The molecule has 0 saturated heterocycles. The standard InChI is InChI=1S/C18H23N5O2/c1-3-4-5-14-22-15-16(23(14)9-8-20-2)12-7-6-11(18(24)25)10-13(12)21-17(15)19/h6-7,10,20H,3-5,8-9H2,1-2H3,(H2,19,21)(H,24,25). The Morgan fingerprint density at radius 3 is 2.84 bits per heavy atom. The van der Waals surface area contributed by atoms with E-state index >= 15 is 0 Å². The number of fused-ring (bicyclic) bond motifs is 3. The SMILES string of the molecule is CCCCc1nc2c(N)nc3cc(C(=O)O)ccc3c2n1CCNC. The third kappa shape index (κ3) is 3.15. The molecular formula is C18H23N5O2. The maximum absolute atomic E-state index is 11.2. The molecule has 0 amide bonds. The quantitative estimate of drug-likeness (QED) is 0.609. The number of unbranched alkanes of at least 4 members (excludes halogenated alkanes) is 1. The molecular weight excluding hydrogens is 318 g/mol. The van der Waals surface area contributed by atoms with Gasteiger partial charge in [0.05, 0.1) is 16.6 Å². The van der Waals surface area contributed by atoms with Crippen molar-refractivity contribution in [2.24, 2.45) is 0 Å². The first kappa shape index (κ1) is 17.2. The number of rotatable bonds is 7. The molecule has 0 radical (unpaired) electrons. The predicted octanol–water partition coefficient (Wildman–Crippen LogP) is 2.43. The second kappa shape index (κ2) is 7.06. The molecule has 7 nitrogen and oxygen atoms in total. The number of pyridine rings is 1. The topological polar surface area (TPSA) is 106 Å². The minimum absolute atomic E-state index is 0.200. The number of hydrogen-bond donors (Lipinski definition) is 3. The number of nitrogens with zero attached hydrogens (tertiary/aromatic N) is 3. The number of imidazole rings is 1. The molecule has 132 valence electrons. The molecule has 0 aliphatic heterocycles. The van der Waals surface area contributed by atoms with Crippen molar-refractivity contribution in [3.63, 3.8) is 0 Å². The number of benzene rings is 1. The molecule has 0 saturated carbocycles. The van der Waals surface area contributed by atoms with Crippen molar-refractivity contribution in [2.45, 2.75) is 32.7 Å². The Bertz CT molecular complexity index is 932. The molecule has 2 heterocycles. The second-order valence-corrected chi connectivity index (χ2v) is 6.12. The summed E-state index contributed by atoms with van der Waals surface area (Å²) >= 11 is 0. The molecule has 4 N–H and O–H groups in total. The van der Waals surface area contributed by atoms with E-state index < -0.39 is 5.97 Å². The lowest BCUT2D eigenvalue weighted by molar-refractivity contribution is 0.0697. The van der Waals surface area contributed by atoms with Crippen molar-refractivity contribution < 1.29 is 9.90 Å². The summed E-state index contributed by atoms with van der Waals surface area (Å²) in [4.78, 5) is 20.4. The summed E-state index contributed by atoms with van der Waals surface area (Å²) in [7, 11) is 1.91. The van der Waals surface area contributed by atoms with Gasteiger partial charge in [0.25, 0.3) is 0 Å². The van der Waals surface area contributed by atoms with E-state index in [9.17, 15) is 9.90 Å². The summed E-state index contributed by atoms with van der Waals surface area (Å²) in [5.74, 6) is 0.357. The number of likely N-dealkylation sites (N-methyl/N-ethyl adjacent to an activating group) is 1. The van der Waals surface area contributed by atoms with Crippen molar-refractivity contribution >= 4 is 33.7 Å². The van der Waals surface area contributed by atoms with Crippen molar-refractivity contribution in [3.8, 4) is 0 Å². The number of aryl methyl sites for hydroxylation is 1. The van der Waals surface area contributed by atoms with Gasteiger partial charge in [0.15, 0.2) is 5.82 Å². The Morgan fingerprint density at radius 2 is 2.16 bits per heavy atom. The van der Waals surface area contributed by atoms with Crippen LogP contribution < -0.4 is 11.1 Å². The third-order valence-corrected chi connectivity index (χ3v) is 4.37. The van der Waals surface area contributed by atoms with E-state index in [2.05, 4.69) is 21.8 Å². The van der Waals surface area contributed by atoms with Gasteiger partial charge in [0.1, 0.15) is 11.3 Å². The van der Waals surface area contributed by atoms with Gasteiger partial charge in [0, 0.05) is 24.9 Å². The Labute approximate surface area is 145 Å². The van der Waals surface area contributed by atoms with Crippen LogP contribution in [0.25, 0.3) is 21.9 Å². The number of carboxylic acid groups (broad SMARTS) is 1. The zero-order valence-corrected chi connectivity index (χ0v) is 14.5. The van der Waals surface area contributed by atoms with E-state index in [1.807, 2.05) is 7.05 Å². The Kier molecular flexibility index (Phi) is 4.85. The van der Waals surface area contributed by atoms with Gasteiger partial charge in [-0.25, -0.2) is 14.8 Å². The van der Waals surface area contributed by atoms with Gasteiger partial charge in [-0.05, 0) is 31.7 Å². The van der Waals surface area contributed by atoms with Gasteiger partial charge in [-0.2, -0.15) is 0 Å². The fraction of sp³-hybridized carbons (Fsp3) is 0.389. The summed E-state index contributed by atoms with van der Waals surface area (Å²) in [5.41, 5.74) is 8.54. The van der Waals surface area contributed by atoms with E-state index in [1.165, 1.54) is 0 Å². The monoisotopic (exact) mass is 341 g/mol. The van der Waals surface area contributed by atoms with Gasteiger partial charge < -0.3 is 20.7 Å². The zero-order valence-electron chi connectivity index (χ0n) is 14.5. The number of carbonyl (C=O) groups is 1. The maximum Gasteiger partial charge on any atom is 0.335 e. The maximum atomic E-state index is 11.2. The van der Waals surface area contributed by atoms with Crippen LogP contribution in [-0.2, 0) is 13.0 Å². The molecule has 3 rings (SSSR count). The minimum Gasteiger partial charge on any atom is -0.478 e. The minimum atomic E-state index is -0.977. The van der Waals surface area contributed by atoms with Gasteiger partial charge in [0.2, 0.25) is 0 Å². The van der Waals surface area contributed by atoms with Crippen LogP contribution >= 0.6 is 0 Å². The van der Waals surface area contributed by atoms with Crippen LogP contribution in [-0.4, -0.2) is 39.2 Å². The lowest BCUT2D eigenvalue weighted by Crippen LogP contribution is -2.16. The van der Waals surface area contributed by atoms with E-state index in [0.29, 0.717) is 16.9 Å². The molecule has 0 fully saturated rings. The molecule has 0 spiro atoms. The predicted molar refractivity (Wildman–Crippen MR) is 98.9 cm³/mol. The van der Waals surface area contributed by atoms with Crippen LogP contribution in [0.15, 0.2) is 18.2 Å². The Morgan fingerprint density at radius 1 is 1.36 bits per heavy atom. The molecule has 7 heteroatoms. The summed E-state index contributed by atoms with van der Waals surface area (Å²) in [5, 5.41) is 13.3. The zero-order chi connectivity index (χ0) is 18.0. The second-order valence-electron chi connectivity index (χ2n) is 6.12. The highest BCUT2D eigenvalue weighted by Gasteiger charge is 2.17. The van der Waals surface area contributed by atoms with Crippen LogP contribution in [0.4, 0.5) is 5.82 Å². The molecule has 3 aromatic rings. The first-order valence-corrected chi connectivity index (χ1v) is 8.53. The summed E-state index contributed by atoms with van der Waals surface area (Å²) < 4.78 is 2.18. The number of nitrogen functional groups attached to an aromatic ring is 1. The summed E-state index contributed by atoms with van der Waals surface area (Å²) in [6, 6.07) is 4.96. The van der Waals surface area contributed by atoms with Crippen molar-refractivity contribution in [1.82, 2.24) is 19.9 Å². The average Bonchev–Trinajstić information content (AvgIpc) is 2.96. The van der Waals surface area contributed by atoms with Crippen molar-refractivity contribution in [2.75, 3.05) is 19.3 Å². The van der Waals surface area contributed by atoms with E-state index in [-0.39, 0.29) is 5.56 Å². The molecule has 1 aromatic carbocycles. The van der Waals surface area contributed by atoms with E-state index in [0.717, 1.165) is 49.1 Å². The largest absolute Gasteiger partial charge is 0.478 e. The van der Waals surface area contributed by atoms with E-state index in [4.69, 9.17) is 10.7 Å². The number of aromatic nitrogens is 3. The number of hydrogen-bond acceptors (Lipinski definition) is 5. The molecule has 0 bridgehead atoms. The van der Waals surface area contributed by atoms with Crippen LogP contribution in [0.3, 0.4) is 0 Å². The van der Waals surface area contributed by atoms with Crippen molar-refractivity contribution in [1.29, 1.82) is 0 Å². The van der Waals surface area contributed by atoms with Gasteiger partial charge in [-0.1, -0.05) is 13.3 Å². The fourth-order valence-corrected chi connectivity index (χ4v) is 3.08. The van der Waals surface area contributed by atoms with Crippen LogP contribution in [0.5, 0.6) is 0 Å². The Balaban J connectivity index is 2.28. The lowest BCUT2D eigenvalue weighted by Gasteiger charge is -2.11. The molecule has 0 aliphatic rings. The first-order chi connectivity index (χ1) is 12.1. The number of nitrogens with one attached hydrogen (secondary N) is 1. The molecule has 2 aromatic heterocycles.